The minimum atomic E-state index is 0.996. The van der Waals surface area contributed by atoms with Gasteiger partial charge in [0.2, 0.25) is 0 Å². The molecule has 6 aromatic carbocycles. The van der Waals surface area contributed by atoms with Gasteiger partial charge in [-0.3, -0.25) is 0 Å². The van der Waals surface area contributed by atoms with Crippen molar-refractivity contribution < 1.29 is 0 Å². The first-order valence-electron chi connectivity index (χ1n) is 12.8. The molecule has 0 unspecified atom stereocenters. The van der Waals surface area contributed by atoms with Crippen LogP contribution in [0.25, 0.3) is 60.2 Å². The van der Waals surface area contributed by atoms with Crippen LogP contribution in [0.1, 0.15) is 18.1 Å². The van der Waals surface area contributed by atoms with Crippen LogP contribution in [-0.4, -0.2) is 4.57 Å². The van der Waals surface area contributed by atoms with Crippen molar-refractivity contribution in [1.29, 1.82) is 0 Å². The quantitative estimate of drug-likeness (QED) is 0.231. The first-order valence-corrected chi connectivity index (χ1v) is 12.8. The molecule has 0 bridgehead atoms. The Bertz CT molecular complexity index is 1940. The second kappa shape index (κ2) is 8.10. The van der Waals surface area contributed by atoms with Gasteiger partial charge >= 0.3 is 0 Å². The molecular formula is C35H27N. The van der Waals surface area contributed by atoms with Crippen LogP contribution in [-0.2, 0) is 6.42 Å². The van der Waals surface area contributed by atoms with E-state index < -0.39 is 0 Å². The molecule has 0 radical (unpaired) electrons. The van der Waals surface area contributed by atoms with Crippen molar-refractivity contribution >= 4 is 43.2 Å². The van der Waals surface area contributed by atoms with Crippen LogP contribution in [0.5, 0.6) is 0 Å². The van der Waals surface area contributed by atoms with Crippen molar-refractivity contribution in [3.63, 3.8) is 0 Å². The molecule has 172 valence electrons. The lowest BCUT2D eigenvalue weighted by Crippen LogP contribution is -2.00. The highest BCUT2D eigenvalue weighted by Crippen LogP contribution is 2.44. The number of rotatable bonds is 3. The first-order chi connectivity index (χ1) is 17.8. The van der Waals surface area contributed by atoms with Gasteiger partial charge in [-0.15, -0.1) is 0 Å². The van der Waals surface area contributed by atoms with Gasteiger partial charge in [-0.2, -0.15) is 0 Å². The predicted octanol–water partition coefficient (Wildman–Crippen LogP) is 9.63. The van der Waals surface area contributed by atoms with Gasteiger partial charge in [-0.1, -0.05) is 110 Å². The summed E-state index contributed by atoms with van der Waals surface area (Å²) in [6, 6.07) is 42.2. The van der Waals surface area contributed by atoms with Crippen molar-refractivity contribution in [3.8, 4) is 16.9 Å². The zero-order valence-electron chi connectivity index (χ0n) is 20.6. The highest BCUT2D eigenvalue weighted by atomic mass is 15.0. The molecule has 0 aliphatic heterocycles. The summed E-state index contributed by atoms with van der Waals surface area (Å²) in [5.41, 5.74) is 7.81. The topological polar surface area (TPSA) is 4.93 Å². The lowest BCUT2D eigenvalue weighted by molar-refractivity contribution is 1.10. The molecule has 1 heterocycles. The maximum absolute atomic E-state index is 2.53. The highest BCUT2D eigenvalue weighted by Gasteiger charge is 2.23. The monoisotopic (exact) mass is 461 g/mol. The lowest BCUT2D eigenvalue weighted by atomic mass is 9.95. The average Bonchev–Trinajstić information content (AvgIpc) is 3.26. The second-order valence-electron chi connectivity index (χ2n) is 9.67. The Morgan fingerprint density at radius 1 is 0.583 bits per heavy atom. The fourth-order valence-corrected chi connectivity index (χ4v) is 6.09. The Morgan fingerprint density at radius 2 is 1.19 bits per heavy atom. The summed E-state index contributed by atoms with van der Waals surface area (Å²) >= 11 is 0. The Kier molecular flexibility index (Phi) is 4.72. The zero-order valence-corrected chi connectivity index (χ0v) is 20.6. The highest BCUT2D eigenvalue weighted by molar-refractivity contribution is 6.27. The van der Waals surface area contributed by atoms with E-state index in [4.69, 9.17) is 0 Å². The van der Waals surface area contributed by atoms with E-state index in [9.17, 15) is 0 Å². The number of aromatic nitrogens is 1. The van der Waals surface area contributed by atoms with Gasteiger partial charge in [0.1, 0.15) is 0 Å². The summed E-state index contributed by atoms with van der Waals surface area (Å²) in [4.78, 5) is 0. The van der Waals surface area contributed by atoms with Gasteiger partial charge in [0.15, 0.2) is 0 Å². The van der Waals surface area contributed by atoms with Crippen LogP contribution in [0.4, 0.5) is 0 Å². The molecule has 0 saturated carbocycles. The lowest BCUT2D eigenvalue weighted by Gasteiger charge is -2.16. The second-order valence-corrected chi connectivity index (χ2v) is 9.67. The smallest absolute Gasteiger partial charge is 0.0622 e. The Hall–Kier alpha value is -4.36. The summed E-state index contributed by atoms with van der Waals surface area (Å²) < 4.78 is 2.53. The standard InChI is InChI=1S/C35H27N/c1-3-24-12-6-7-15-28(24)34-23(2)33-31-18-10-8-16-29(31)30-17-9-11-19-32(30)35(33)36(34)27-21-20-25-13-4-5-14-26(25)22-27/h4-22H,3H2,1-2H3. The molecule has 1 nitrogen and oxygen atoms in total. The van der Waals surface area contributed by atoms with E-state index in [0.717, 1.165) is 6.42 Å². The summed E-state index contributed by atoms with van der Waals surface area (Å²) in [6.07, 6.45) is 0.996. The number of fused-ring (bicyclic) bond motifs is 7. The SMILES string of the molecule is CCc1ccccc1-c1c(C)c2c3ccccc3c3ccccc3c2n1-c1ccc2ccccc2c1. The van der Waals surface area contributed by atoms with Crippen molar-refractivity contribution in [2.45, 2.75) is 20.3 Å². The molecule has 0 spiro atoms. The summed E-state index contributed by atoms with van der Waals surface area (Å²) in [6.45, 7) is 4.56. The molecule has 0 amide bonds. The van der Waals surface area contributed by atoms with Gasteiger partial charge in [0.05, 0.1) is 11.2 Å². The summed E-state index contributed by atoms with van der Waals surface area (Å²) in [7, 11) is 0. The van der Waals surface area contributed by atoms with Crippen molar-refractivity contribution in [3.05, 3.63) is 126 Å². The number of hydrogen-bond donors (Lipinski definition) is 0. The van der Waals surface area contributed by atoms with Gasteiger partial charge in [-0.25, -0.2) is 0 Å². The minimum absolute atomic E-state index is 0.996. The normalized spacial score (nSPS) is 11.7. The van der Waals surface area contributed by atoms with Crippen LogP contribution in [0, 0.1) is 6.92 Å². The molecule has 7 rings (SSSR count). The third kappa shape index (κ3) is 2.96. The molecule has 0 aliphatic carbocycles. The molecule has 0 fully saturated rings. The third-order valence-electron chi connectivity index (χ3n) is 7.73. The number of nitrogens with zero attached hydrogens (tertiary/aromatic N) is 1. The molecular weight excluding hydrogens is 434 g/mol. The maximum Gasteiger partial charge on any atom is 0.0622 e. The number of benzene rings is 6. The largest absolute Gasteiger partial charge is 0.308 e. The fraction of sp³-hybridized carbons (Fsp3) is 0.0857. The van der Waals surface area contributed by atoms with Gasteiger partial charge in [0, 0.05) is 22.0 Å². The van der Waals surface area contributed by atoms with E-state index in [-0.39, 0.29) is 0 Å². The van der Waals surface area contributed by atoms with E-state index in [1.54, 1.807) is 0 Å². The van der Waals surface area contributed by atoms with E-state index in [2.05, 4.69) is 134 Å². The van der Waals surface area contributed by atoms with E-state index >= 15 is 0 Å². The average molecular weight is 462 g/mol. The van der Waals surface area contributed by atoms with E-state index in [0.29, 0.717) is 0 Å². The number of hydrogen-bond acceptors (Lipinski definition) is 0. The molecule has 36 heavy (non-hydrogen) atoms. The predicted molar refractivity (Wildman–Crippen MR) is 155 cm³/mol. The molecule has 0 N–H and O–H groups in total. The summed E-state index contributed by atoms with van der Waals surface area (Å²) in [5, 5.41) is 9.10. The van der Waals surface area contributed by atoms with Gasteiger partial charge in [-0.05, 0) is 63.5 Å². The maximum atomic E-state index is 2.53. The molecule has 0 aliphatic rings. The van der Waals surface area contributed by atoms with Crippen LogP contribution in [0.3, 0.4) is 0 Å². The molecule has 1 aromatic heterocycles. The van der Waals surface area contributed by atoms with Crippen LogP contribution in [0.2, 0.25) is 0 Å². The van der Waals surface area contributed by atoms with Gasteiger partial charge < -0.3 is 4.57 Å². The minimum Gasteiger partial charge on any atom is -0.308 e. The van der Waals surface area contributed by atoms with Crippen molar-refractivity contribution in [2.24, 2.45) is 0 Å². The molecule has 0 saturated heterocycles. The molecule has 1 heteroatoms. The van der Waals surface area contributed by atoms with E-state index in [1.807, 2.05) is 0 Å². The van der Waals surface area contributed by atoms with Crippen molar-refractivity contribution in [2.75, 3.05) is 0 Å². The van der Waals surface area contributed by atoms with Crippen LogP contribution >= 0.6 is 0 Å². The third-order valence-corrected chi connectivity index (χ3v) is 7.73. The van der Waals surface area contributed by atoms with Crippen LogP contribution < -0.4 is 0 Å². The Morgan fingerprint density at radius 3 is 1.97 bits per heavy atom. The van der Waals surface area contributed by atoms with Crippen molar-refractivity contribution in [1.82, 2.24) is 4.57 Å². The van der Waals surface area contributed by atoms with Gasteiger partial charge in [0.25, 0.3) is 0 Å². The van der Waals surface area contributed by atoms with Crippen LogP contribution in [0.15, 0.2) is 115 Å². The zero-order chi connectivity index (χ0) is 24.2. The first kappa shape index (κ1) is 21.0. The summed E-state index contributed by atoms with van der Waals surface area (Å²) in [5.74, 6) is 0. The van der Waals surface area contributed by atoms with E-state index in [1.165, 1.54) is 71.3 Å². The fourth-order valence-electron chi connectivity index (χ4n) is 6.09. The Labute approximate surface area is 211 Å². The Balaban J connectivity index is 1.75. The number of aryl methyl sites for hydroxylation is 2. The molecule has 7 aromatic rings. The molecule has 0 atom stereocenters.